The molecule has 3 nitrogen and oxygen atoms in total. The van der Waals surface area contributed by atoms with E-state index in [-0.39, 0.29) is 11.9 Å². The summed E-state index contributed by atoms with van der Waals surface area (Å²) in [5.74, 6) is -0.0341. The van der Waals surface area contributed by atoms with Crippen LogP contribution in [0.1, 0.15) is 33.3 Å². The molecule has 0 saturated carbocycles. The van der Waals surface area contributed by atoms with E-state index >= 15 is 0 Å². The molecule has 1 atom stereocenters. The standard InChI is InChI=1S/C11H12N2OS2/c1-7(9-6-16-8(2)13-9)12-11(14)10-4-3-5-15-10/h3-7H,1-2H3,(H,12,14). The van der Waals surface area contributed by atoms with E-state index in [0.29, 0.717) is 0 Å². The van der Waals surface area contributed by atoms with Crippen LogP contribution in [0.4, 0.5) is 0 Å². The van der Waals surface area contributed by atoms with Gasteiger partial charge in [-0.15, -0.1) is 22.7 Å². The molecule has 2 aromatic rings. The van der Waals surface area contributed by atoms with E-state index in [1.165, 1.54) is 11.3 Å². The Kier molecular flexibility index (Phi) is 3.36. The normalized spacial score (nSPS) is 12.4. The number of hydrogen-bond acceptors (Lipinski definition) is 4. The zero-order valence-electron chi connectivity index (χ0n) is 9.06. The van der Waals surface area contributed by atoms with Gasteiger partial charge in [0, 0.05) is 5.38 Å². The Morgan fingerprint density at radius 2 is 2.31 bits per heavy atom. The SMILES string of the molecule is Cc1nc(C(C)NC(=O)c2cccs2)cs1. The lowest BCUT2D eigenvalue weighted by Crippen LogP contribution is -2.26. The molecule has 0 aliphatic carbocycles. The molecule has 0 radical (unpaired) electrons. The monoisotopic (exact) mass is 252 g/mol. The Morgan fingerprint density at radius 1 is 1.50 bits per heavy atom. The first-order chi connectivity index (χ1) is 7.66. The van der Waals surface area contributed by atoms with Crippen LogP contribution in [0.2, 0.25) is 0 Å². The molecule has 0 aromatic carbocycles. The smallest absolute Gasteiger partial charge is 0.261 e. The number of hydrogen-bond donors (Lipinski definition) is 1. The van der Waals surface area contributed by atoms with Crippen molar-refractivity contribution in [1.29, 1.82) is 0 Å². The van der Waals surface area contributed by atoms with Gasteiger partial charge in [-0.3, -0.25) is 4.79 Å². The van der Waals surface area contributed by atoms with Gasteiger partial charge in [-0.2, -0.15) is 0 Å². The average molecular weight is 252 g/mol. The number of carbonyl (C=O) groups is 1. The molecule has 2 rings (SSSR count). The molecule has 2 aromatic heterocycles. The molecule has 0 aliphatic rings. The van der Waals surface area contributed by atoms with Gasteiger partial charge >= 0.3 is 0 Å². The second-order valence-electron chi connectivity index (χ2n) is 3.46. The Morgan fingerprint density at radius 3 is 2.88 bits per heavy atom. The summed E-state index contributed by atoms with van der Waals surface area (Å²) >= 11 is 3.04. The molecule has 0 fully saturated rings. The highest BCUT2D eigenvalue weighted by molar-refractivity contribution is 7.12. The maximum Gasteiger partial charge on any atom is 0.261 e. The van der Waals surface area contributed by atoms with E-state index in [0.717, 1.165) is 15.6 Å². The third-order valence-corrected chi connectivity index (χ3v) is 3.83. The number of amides is 1. The van der Waals surface area contributed by atoms with Crippen molar-refractivity contribution < 1.29 is 4.79 Å². The molecule has 0 saturated heterocycles. The number of rotatable bonds is 3. The van der Waals surface area contributed by atoms with Crippen LogP contribution in [0.3, 0.4) is 0 Å². The molecule has 1 N–H and O–H groups in total. The van der Waals surface area contributed by atoms with Gasteiger partial charge in [-0.25, -0.2) is 4.98 Å². The lowest BCUT2D eigenvalue weighted by molar-refractivity contribution is 0.0943. The zero-order chi connectivity index (χ0) is 11.5. The number of nitrogens with zero attached hydrogens (tertiary/aromatic N) is 1. The summed E-state index contributed by atoms with van der Waals surface area (Å²) in [6.07, 6.45) is 0. The van der Waals surface area contributed by atoms with Crippen molar-refractivity contribution in [2.24, 2.45) is 0 Å². The Labute approximate surface area is 102 Å². The number of carbonyl (C=O) groups excluding carboxylic acids is 1. The van der Waals surface area contributed by atoms with E-state index in [2.05, 4.69) is 10.3 Å². The van der Waals surface area contributed by atoms with E-state index in [4.69, 9.17) is 0 Å². The van der Waals surface area contributed by atoms with Gasteiger partial charge in [-0.1, -0.05) is 6.07 Å². The largest absolute Gasteiger partial charge is 0.343 e. The number of aromatic nitrogens is 1. The molecule has 0 bridgehead atoms. The lowest BCUT2D eigenvalue weighted by atomic mass is 10.2. The van der Waals surface area contributed by atoms with Crippen LogP contribution >= 0.6 is 22.7 Å². The van der Waals surface area contributed by atoms with Crippen LogP contribution in [-0.4, -0.2) is 10.9 Å². The van der Waals surface area contributed by atoms with Gasteiger partial charge in [0.2, 0.25) is 0 Å². The molecule has 84 valence electrons. The first-order valence-corrected chi connectivity index (χ1v) is 6.69. The molecular formula is C11H12N2OS2. The Bertz CT molecular complexity index is 476. The number of aryl methyl sites for hydroxylation is 1. The van der Waals surface area contributed by atoms with Crippen molar-refractivity contribution in [3.05, 3.63) is 38.5 Å². The van der Waals surface area contributed by atoms with Gasteiger partial charge in [-0.05, 0) is 25.3 Å². The van der Waals surface area contributed by atoms with E-state index in [9.17, 15) is 4.79 Å². The van der Waals surface area contributed by atoms with Crippen LogP contribution in [-0.2, 0) is 0 Å². The quantitative estimate of drug-likeness (QED) is 0.912. The number of thiazole rings is 1. The van der Waals surface area contributed by atoms with E-state index in [1.54, 1.807) is 11.3 Å². The molecule has 5 heteroatoms. The van der Waals surface area contributed by atoms with Crippen molar-refractivity contribution in [2.75, 3.05) is 0 Å². The summed E-state index contributed by atoms with van der Waals surface area (Å²) in [6.45, 7) is 3.90. The third-order valence-electron chi connectivity index (χ3n) is 2.17. The van der Waals surface area contributed by atoms with Gasteiger partial charge in [0.25, 0.3) is 5.91 Å². The zero-order valence-corrected chi connectivity index (χ0v) is 10.7. The summed E-state index contributed by atoms with van der Waals surface area (Å²) in [7, 11) is 0. The average Bonchev–Trinajstić information content (AvgIpc) is 2.87. The van der Waals surface area contributed by atoms with Crippen LogP contribution in [0.15, 0.2) is 22.9 Å². The fraction of sp³-hybridized carbons (Fsp3) is 0.273. The summed E-state index contributed by atoms with van der Waals surface area (Å²) in [5, 5.41) is 7.82. The molecule has 16 heavy (non-hydrogen) atoms. The lowest BCUT2D eigenvalue weighted by Gasteiger charge is -2.10. The fourth-order valence-corrected chi connectivity index (χ4v) is 2.66. The van der Waals surface area contributed by atoms with Crippen LogP contribution in [0, 0.1) is 6.92 Å². The van der Waals surface area contributed by atoms with Crippen LogP contribution in [0.25, 0.3) is 0 Å². The highest BCUT2D eigenvalue weighted by Gasteiger charge is 2.13. The predicted octanol–water partition coefficient (Wildman–Crippen LogP) is 3.00. The topological polar surface area (TPSA) is 42.0 Å². The highest BCUT2D eigenvalue weighted by Crippen LogP contribution is 2.17. The van der Waals surface area contributed by atoms with Gasteiger partial charge in [0.05, 0.1) is 21.6 Å². The van der Waals surface area contributed by atoms with Crippen molar-refractivity contribution in [3.8, 4) is 0 Å². The van der Waals surface area contributed by atoms with Gasteiger partial charge in [0.1, 0.15) is 0 Å². The highest BCUT2D eigenvalue weighted by atomic mass is 32.1. The summed E-state index contributed by atoms with van der Waals surface area (Å²) in [5.41, 5.74) is 0.924. The van der Waals surface area contributed by atoms with E-state index in [1.807, 2.05) is 36.7 Å². The predicted molar refractivity (Wildman–Crippen MR) is 67.1 cm³/mol. The molecule has 0 aliphatic heterocycles. The number of thiophene rings is 1. The van der Waals surface area contributed by atoms with E-state index < -0.39 is 0 Å². The summed E-state index contributed by atoms with van der Waals surface area (Å²) in [4.78, 5) is 16.9. The van der Waals surface area contributed by atoms with Gasteiger partial charge in [0.15, 0.2) is 0 Å². The van der Waals surface area contributed by atoms with Crippen LogP contribution in [0.5, 0.6) is 0 Å². The molecular weight excluding hydrogens is 240 g/mol. The first kappa shape index (κ1) is 11.3. The Balaban J connectivity index is 2.03. The molecule has 0 spiro atoms. The Hall–Kier alpha value is -1.20. The minimum absolute atomic E-state index is 0.0341. The third kappa shape index (κ3) is 2.48. The number of nitrogens with one attached hydrogen (secondary N) is 1. The minimum Gasteiger partial charge on any atom is -0.343 e. The fourth-order valence-electron chi connectivity index (χ4n) is 1.33. The van der Waals surface area contributed by atoms with Crippen molar-refractivity contribution in [1.82, 2.24) is 10.3 Å². The van der Waals surface area contributed by atoms with Crippen molar-refractivity contribution in [2.45, 2.75) is 19.9 Å². The summed E-state index contributed by atoms with van der Waals surface area (Å²) < 4.78 is 0. The second-order valence-corrected chi connectivity index (χ2v) is 5.47. The minimum atomic E-state index is -0.0421. The maximum absolute atomic E-state index is 11.8. The van der Waals surface area contributed by atoms with Crippen molar-refractivity contribution in [3.63, 3.8) is 0 Å². The maximum atomic E-state index is 11.8. The van der Waals surface area contributed by atoms with Crippen LogP contribution < -0.4 is 5.32 Å². The molecule has 1 amide bonds. The molecule has 1 unspecified atom stereocenters. The molecule has 2 heterocycles. The summed E-state index contributed by atoms with van der Waals surface area (Å²) in [6, 6.07) is 3.65. The first-order valence-electron chi connectivity index (χ1n) is 4.93. The van der Waals surface area contributed by atoms with Crippen molar-refractivity contribution >= 4 is 28.6 Å². The second kappa shape index (κ2) is 4.76. The van der Waals surface area contributed by atoms with Gasteiger partial charge < -0.3 is 5.32 Å².